The summed E-state index contributed by atoms with van der Waals surface area (Å²) in [6, 6.07) is 11.4. The van der Waals surface area contributed by atoms with Gasteiger partial charge in [-0.2, -0.15) is 0 Å². The maximum absolute atomic E-state index is 12.3. The summed E-state index contributed by atoms with van der Waals surface area (Å²) in [6.07, 6.45) is 0.712. The Morgan fingerprint density at radius 1 is 1.04 bits per heavy atom. The normalized spacial score (nSPS) is 10.4. The van der Waals surface area contributed by atoms with Gasteiger partial charge in [-0.3, -0.25) is 4.79 Å². The van der Waals surface area contributed by atoms with E-state index in [1.165, 1.54) is 0 Å². The lowest BCUT2D eigenvalue weighted by atomic mass is 10.2. The van der Waals surface area contributed by atoms with E-state index in [0.717, 1.165) is 0 Å². The Balaban J connectivity index is 2.10. The Kier molecular flexibility index (Phi) is 6.57. The summed E-state index contributed by atoms with van der Waals surface area (Å²) in [5.41, 5.74) is 0.855. The zero-order chi connectivity index (χ0) is 18.2. The van der Waals surface area contributed by atoms with Crippen LogP contribution in [0.5, 0.6) is 17.2 Å². The highest BCUT2D eigenvalue weighted by molar-refractivity contribution is 5.91. The molecule has 132 valence electrons. The summed E-state index contributed by atoms with van der Waals surface area (Å²) in [4.78, 5) is 23.2. The molecule has 0 aliphatic carbocycles. The van der Waals surface area contributed by atoms with E-state index in [0.29, 0.717) is 48.0 Å². The molecule has 0 saturated heterocycles. The Morgan fingerprint density at radius 3 is 2.36 bits per heavy atom. The van der Waals surface area contributed by atoms with E-state index in [1.54, 1.807) is 42.5 Å². The molecule has 5 nitrogen and oxygen atoms in total. The second-order valence-corrected chi connectivity index (χ2v) is 5.88. The summed E-state index contributed by atoms with van der Waals surface area (Å²) < 4.78 is 16.4. The SMILES string of the molecule is CCOc1cc(C=O)ccc1OC(=O)c1ccc(OCC(C)C)cc1. The van der Waals surface area contributed by atoms with Gasteiger partial charge >= 0.3 is 5.97 Å². The molecule has 0 heterocycles. The molecule has 0 aliphatic heterocycles. The maximum Gasteiger partial charge on any atom is 0.343 e. The second kappa shape index (κ2) is 8.87. The van der Waals surface area contributed by atoms with E-state index in [4.69, 9.17) is 14.2 Å². The number of carbonyl (C=O) groups is 2. The first-order valence-corrected chi connectivity index (χ1v) is 8.20. The molecule has 2 rings (SSSR count). The van der Waals surface area contributed by atoms with Crippen molar-refractivity contribution in [2.75, 3.05) is 13.2 Å². The van der Waals surface area contributed by atoms with Crippen LogP contribution >= 0.6 is 0 Å². The van der Waals surface area contributed by atoms with Gasteiger partial charge in [0.05, 0.1) is 18.8 Å². The standard InChI is InChI=1S/C20H22O5/c1-4-23-19-11-15(12-21)5-10-18(19)25-20(22)16-6-8-17(9-7-16)24-13-14(2)3/h5-12,14H,4,13H2,1-3H3. The van der Waals surface area contributed by atoms with Crippen LogP contribution in [-0.2, 0) is 0 Å². The molecule has 0 N–H and O–H groups in total. The number of carbonyl (C=O) groups excluding carboxylic acids is 2. The van der Waals surface area contributed by atoms with E-state index in [1.807, 2.05) is 6.92 Å². The molecule has 5 heteroatoms. The molecule has 2 aromatic rings. The highest BCUT2D eigenvalue weighted by atomic mass is 16.6. The van der Waals surface area contributed by atoms with E-state index in [2.05, 4.69) is 13.8 Å². The zero-order valence-electron chi connectivity index (χ0n) is 14.7. The molecule has 0 radical (unpaired) electrons. The minimum Gasteiger partial charge on any atom is -0.493 e. The van der Waals surface area contributed by atoms with Crippen LogP contribution in [0.25, 0.3) is 0 Å². The van der Waals surface area contributed by atoms with Gasteiger partial charge in [-0.25, -0.2) is 4.79 Å². The average molecular weight is 342 g/mol. The predicted molar refractivity (Wildman–Crippen MR) is 94.7 cm³/mol. The summed E-state index contributed by atoms with van der Waals surface area (Å²) >= 11 is 0. The number of benzene rings is 2. The van der Waals surface area contributed by atoms with Gasteiger partial charge in [-0.15, -0.1) is 0 Å². The third-order valence-electron chi connectivity index (χ3n) is 3.28. The predicted octanol–water partition coefficient (Wildman–Crippen LogP) is 4.15. The second-order valence-electron chi connectivity index (χ2n) is 5.88. The van der Waals surface area contributed by atoms with Gasteiger partial charge < -0.3 is 14.2 Å². The van der Waals surface area contributed by atoms with E-state index < -0.39 is 5.97 Å². The molecule has 0 aliphatic rings. The molecule has 0 bridgehead atoms. The number of hydrogen-bond acceptors (Lipinski definition) is 5. The van der Waals surface area contributed by atoms with Crippen molar-refractivity contribution in [2.24, 2.45) is 5.92 Å². The van der Waals surface area contributed by atoms with Crippen LogP contribution in [0.15, 0.2) is 42.5 Å². The molecule has 0 amide bonds. The number of ether oxygens (including phenoxy) is 3. The van der Waals surface area contributed by atoms with Crippen molar-refractivity contribution in [1.29, 1.82) is 0 Å². The Morgan fingerprint density at radius 2 is 1.76 bits per heavy atom. The minimum absolute atomic E-state index is 0.276. The summed E-state index contributed by atoms with van der Waals surface area (Å²) in [7, 11) is 0. The topological polar surface area (TPSA) is 61.8 Å². The first-order valence-electron chi connectivity index (χ1n) is 8.20. The third kappa shape index (κ3) is 5.35. The highest BCUT2D eigenvalue weighted by Gasteiger charge is 2.13. The Hall–Kier alpha value is -2.82. The summed E-state index contributed by atoms with van der Waals surface area (Å²) in [5, 5.41) is 0. The van der Waals surface area contributed by atoms with Crippen LogP contribution in [0.1, 0.15) is 41.5 Å². The third-order valence-corrected chi connectivity index (χ3v) is 3.28. The Bertz CT molecular complexity index is 719. The van der Waals surface area contributed by atoms with Crippen LogP contribution in [-0.4, -0.2) is 25.5 Å². The lowest BCUT2D eigenvalue weighted by Gasteiger charge is -2.12. The fourth-order valence-corrected chi connectivity index (χ4v) is 2.06. The maximum atomic E-state index is 12.3. The van der Waals surface area contributed by atoms with Crippen LogP contribution in [0.4, 0.5) is 0 Å². The highest BCUT2D eigenvalue weighted by Crippen LogP contribution is 2.29. The molecule has 0 spiro atoms. The van der Waals surface area contributed by atoms with Gasteiger partial charge in [0.25, 0.3) is 0 Å². The van der Waals surface area contributed by atoms with E-state index in [9.17, 15) is 9.59 Å². The number of esters is 1. The van der Waals surface area contributed by atoms with Crippen molar-refractivity contribution in [3.63, 3.8) is 0 Å². The van der Waals surface area contributed by atoms with Crippen molar-refractivity contribution in [3.05, 3.63) is 53.6 Å². The van der Waals surface area contributed by atoms with Gasteiger partial charge in [0.15, 0.2) is 11.5 Å². The monoisotopic (exact) mass is 342 g/mol. The van der Waals surface area contributed by atoms with Crippen molar-refractivity contribution < 1.29 is 23.8 Å². The first-order chi connectivity index (χ1) is 12.0. The van der Waals surface area contributed by atoms with Crippen LogP contribution in [0.2, 0.25) is 0 Å². The van der Waals surface area contributed by atoms with Crippen LogP contribution in [0, 0.1) is 5.92 Å². The number of aldehydes is 1. The van der Waals surface area contributed by atoms with Crippen LogP contribution in [0.3, 0.4) is 0 Å². The average Bonchev–Trinajstić information content (AvgIpc) is 2.62. The quantitative estimate of drug-likeness (QED) is 0.410. The Labute approximate surface area is 147 Å². The summed E-state index contributed by atoms with van der Waals surface area (Å²) in [5.74, 6) is 1.26. The lowest BCUT2D eigenvalue weighted by molar-refractivity contribution is 0.0728. The van der Waals surface area contributed by atoms with Crippen LogP contribution < -0.4 is 14.2 Å². The van der Waals surface area contributed by atoms with Gasteiger partial charge in [-0.05, 0) is 55.3 Å². The molecular weight excluding hydrogens is 320 g/mol. The summed E-state index contributed by atoms with van der Waals surface area (Å²) in [6.45, 7) is 6.96. The van der Waals surface area contributed by atoms with Gasteiger partial charge in [0.1, 0.15) is 12.0 Å². The smallest absolute Gasteiger partial charge is 0.343 e. The van der Waals surface area contributed by atoms with Gasteiger partial charge in [0, 0.05) is 5.56 Å². The van der Waals surface area contributed by atoms with Crippen molar-refractivity contribution >= 4 is 12.3 Å². The zero-order valence-corrected chi connectivity index (χ0v) is 14.7. The molecule has 2 aromatic carbocycles. The molecule has 0 fully saturated rings. The fraction of sp³-hybridized carbons (Fsp3) is 0.300. The fourth-order valence-electron chi connectivity index (χ4n) is 2.06. The first kappa shape index (κ1) is 18.5. The lowest BCUT2D eigenvalue weighted by Crippen LogP contribution is -2.10. The minimum atomic E-state index is -0.504. The van der Waals surface area contributed by atoms with Crippen molar-refractivity contribution in [2.45, 2.75) is 20.8 Å². The number of hydrogen-bond donors (Lipinski definition) is 0. The van der Waals surface area contributed by atoms with Gasteiger partial charge in [-0.1, -0.05) is 13.8 Å². The molecule has 0 saturated carbocycles. The largest absolute Gasteiger partial charge is 0.493 e. The molecule has 25 heavy (non-hydrogen) atoms. The van der Waals surface area contributed by atoms with E-state index in [-0.39, 0.29) is 5.75 Å². The van der Waals surface area contributed by atoms with Crippen molar-refractivity contribution in [3.8, 4) is 17.2 Å². The molecular formula is C20H22O5. The van der Waals surface area contributed by atoms with Gasteiger partial charge in [0.2, 0.25) is 0 Å². The van der Waals surface area contributed by atoms with Crippen molar-refractivity contribution in [1.82, 2.24) is 0 Å². The molecule has 0 atom stereocenters. The molecule has 0 unspecified atom stereocenters. The number of rotatable bonds is 8. The van der Waals surface area contributed by atoms with E-state index >= 15 is 0 Å². The molecule has 0 aromatic heterocycles.